The molecule has 21 heavy (non-hydrogen) atoms. The van der Waals surface area contributed by atoms with Crippen LogP contribution in [0.3, 0.4) is 0 Å². The number of aromatic nitrogens is 1. The summed E-state index contributed by atoms with van der Waals surface area (Å²) >= 11 is 0. The molecule has 2 unspecified atom stereocenters. The number of hydrogen-bond donors (Lipinski definition) is 3. The van der Waals surface area contributed by atoms with Crippen LogP contribution in [0, 0.1) is 5.92 Å². The van der Waals surface area contributed by atoms with E-state index >= 15 is 0 Å². The highest BCUT2D eigenvalue weighted by Gasteiger charge is 2.25. The normalized spacial score (nSPS) is 21.8. The zero-order chi connectivity index (χ0) is 14.7. The highest BCUT2D eigenvalue weighted by Crippen LogP contribution is 2.24. The third-order valence-electron chi connectivity index (χ3n) is 4.44. The zero-order valence-electron chi connectivity index (χ0n) is 12.1. The van der Waals surface area contributed by atoms with Gasteiger partial charge < -0.3 is 15.4 Å². The van der Waals surface area contributed by atoms with E-state index in [0.29, 0.717) is 13.0 Å². The van der Waals surface area contributed by atoms with Crippen molar-refractivity contribution in [2.45, 2.75) is 38.2 Å². The van der Waals surface area contributed by atoms with Crippen LogP contribution in [0.15, 0.2) is 30.5 Å². The van der Waals surface area contributed by atoms with Gasteiger partial charge in [-0.1, -0.05) is 12.5 Å². The van der Waals surface area contributed by atoms with Crippen molar-refractivity contribution in [3.8, 4) is 0 Å². The average molecular weight is 286 g/mol. The fourth-order valence-corrected chi connectivity index (χ4v) is 3.10. The van der Waals surface area contributed by atoms with E-state index in [2.05, 4.69) is 28.5 Å². The van der Waals surface area contributed by atoms with Crippen molar-refractivity contribution in [1.82, 2.24) is 10.3 Å². The smallest absolute Gasteiger partial charge is 0.220 e. The molecule has 112 valence electrons. The summed E-state index contributed by atoms with van der Waals surface area (Å²) in [6, 6.07) is 8.28. The van der Waals surface area contributed by atoms with Gasteiger partial charge in [-0.25, -0.2) is 0 Å². The van der Waals surface area contributed by atoms with Crippen LogP contribution >= 0.6 is 0 Å². The lowest BCUT2D eigenvalue weighted by molar-refractivity contribution is -0.121. The molecular weight excluding hydrogens is 264 g/mol. The topological polar surface area (TPSA) is 65.1 Å². The number of carbonyl (C=O) groups is 1. The quantitative estimate of drug-likeness (QED) is 0.790. The number of aromatic amines is 1. The summed E-state index contributed by atoms with van der Waals surface area (Å²) < 4.78 is 0. The molecule has 3 N–H and O–H groups in total. The molecule has 1 aliphatic rings. The number of H-pyrrole nitrogens is 1. The Balaban J connectivity index is 1.46. The molecule has 4 heteroatoms. The van der Waals surface area contributed by atoms with Gasteiger partial charge >= 0.3 is 0 Å². The summed E-state index contributed by atoms with van der Waals surface area (Å²) in [7, 11) is 0. The number of aliphatic hydroxyl groups excluding tert-OH is 1. The molecule has 2 atom stereocenters. The SMILES string of the molecule is O=C(CCc1ccc2[nH]ccc2c1)NCC1CCCC1O. The third kappa shape index (κ3) is 3.45. The Kier molecular flexibility index (Phi) is 4.25. The highest BCUT2D eigenvalue weighted by atomic mass is 16.3. The first-order chi connectivity index (χ1) is 10.2. The van der Waals surface area contributed by atoms with Crippen LogP contribution in [0.2, 0.25) is 0 Å². The van der Waals surface area contributed by atoms with E-state index in [1.54, 1.807) is 0 Å². The molecule has 0 aliphatic heterocycles. The molecule has 0 bridgehead atoms. The Hall–Kier alpha value is -1.81. The van der Waals surface area contributed by atoms with Crippen molar-refractivity contribution in [2.24, 2.45) is 5.92 Å². The summed E-state index contributed by atoms with van der Waals surface area (Å²) in [6.07, 6.45) is 5.90. The van der Waals surface area contributed by atoms with Crippen LogP contribution in [-0.4, -0.2) is 28.6 Å². The lowest BCUT2D eigenvalue weighted by Crippen LogP contribution is -2.32. The molecule has 0 saturated heterocycles. The van der Waals surface area contributed by atoms with E-state index in [-0.39, 0.29) is 17.9 Å². The largest absolute Gasteiger partial charge is 0.393 e. The second-order valence-electron chi connectivity index (χ2n) is 5.96. The summed E-state index contributed by atoms with van der Waals surface area (Å²) in [6.45, 7) is 0.608. The standard InChI is InChI=1S/C17H22N2O2/c20-16-3-1-2-14(16)11-19-17(21)7-5-12-4-6-15-13(10-12)8-9-18-15/h4,6,8-10,14,16,18,20H,1-3,5,7,11H2,(H,19,21). The minimum absolute atomic E-state index is 0.0725. The van der Waals surface area contributed by atoms with Crippen molar-refractivity contribution in [1.29, 1.82) is 0 Å². The van der Waals surface area contributed by atoms with Crippen LogP contribution in [0.1, 0.15) is 31.2 Å². The van der Waals surface area contributed by atoms with Gasteiger partial charge in [0.1, 0.15) is 0 Å². The molecule has 1 fully saturated rings. The minimum atomic E-state index is -0.235. The molecule has 1 aliphatic carbocycles. The van der Waals surface area contributed by atoms with E-state index in [1.165, 1.54) is 10.9 Å². The second kappa shape index (κ2) is 6.31. The lowest BCUT2D eigenvalue weighted by atomic mass is 10.1. The van der Waals surface area contributed by atoms with Crippen LogP contribution in [-0.2, 0) is 11.2 Å². The van der Waals surface area contributed by atoms with E-state index in [4.69, 9.17) is 0 Å². The summed E-state index contributed by atoms with van der Waals surface area (Å²) in [5, 5.41) is 13.9. The predicted octanol–water partition coefficient (Wildman–Crippen LogP) is 2.38. The molecule has 1 amide bonds. The number of rotatable bonds is 5. The van der Waals surface area contributed by atoms with Crippen molar-refractivity contribution in [2.75, 3.05) is 6.54 Å². The number of fused-ring (bicyclic) bond motifs is 1. The van der Waals surface area contributed by atoms with Gasteiger partial charge in [0.25, 0.3) is 0 Å². The number of aryl methyl sites for hydroxylation is 1. The Bertz CT molecular complexity index is 620. The number of benzene rings is 1. The maximum atomic E-state index is 11.9. The van der Waals surface area contributed by atoms with E-state index in [0.717, 1.165) is 31.2 Å². The van der Waals surface area contributed by atoms with Gasteiger partial charge in [0.05, 0.1) is 6.10 Å². The van der Waals surface area contributed by atoms with Crippen LogP contribution in [0.5, 0.6) is 0 Å². The van der Waals surface area contributed by atoms with Gasteiger partial charge in [-0.2, -0.15) is 0 Å². The van der Waals surface area contributed by atoms with Gasteiger partial charge in [-0.3, -0.25) is 4.79 Å². The fraction of sp³-hybridized carbons (Fsp3) is 0.471. The van der Waals surface area contributed by atoms with Gasteiger partial charge in [-0.15, -0.1) is 0 Å². The van der Waals surface area contributed by atoms with Crippen molar-refractivity contribution < 1.29 is 9.90 Å². The molecular formula is C17H22N2O2. The van der Waals surface area contributed by atoms with E-state index in [1.807, 2.05) is 12.3 Å². The predicted molar refractivity (Wildman–Crippen MR) is 83.0 cm³/mol. The lowest BCUT2D eigenvalue weighted by Gasteiger charge is -2.15. The van der Waals surface area contributed by atoms with Gasteiger partial charge in [0.15, 0.2) is 0 Å². The van der Waals surface area contributed by atoms with Crippen LogP contribution < -0.4 is 5.32 Å². The molecule has 1 saturated carbocycles. The fourth-order valence-electron chi connectivity index (χ4n) is 3.10. The average Bonchev–Trinajstić information content (AvgIpc) is 3.11. The second-order valence-corrected chi connectivity index (χ2v) is 5.96. The number of nitrogens with one attached hydrogen (secondary N) is 2. The summed E-state index contributed by atoms with van der Waals surface area (Å²) in [4.78, 5) is 15.1. The highest BCUT2D eigenvalue weighted by molar-refractivity contribution is 5.80. The van der Waals surface area contributed by atoms with Crippen molar-refractivity contribution >= 4 is 16.8 Å². The Morgan fingerprint density at radius 3 is 3.05 bits per heavy atom. The van der Waals surface area contributed by atoms with Crippen LogP contribution in [0.25, 0.3) is 10.9 Å². The first kappa shape index (κ1) is 14.1. The zero-order valence-corrected chi connectivity index (χ0v) is 12.1. The van der Waals surface area contributed by atoms with E-state index < -0.39 is 0 Å². The Morgan fingerprint density at radius 1 is 1.33 bits per heavy atom. The Labute approximate surface area is 124 Å². The molecule has 0 radical (unpaired) electrons. The summed E-state index contributed by atoms with van der Waals surface area (Å²) in [5.74, 6) is 0.313. The third-order valence-corrected chi connectivity index (χ3v) is 4.44. The van der Waals surface area contributed by atoms with Gasteiger partial charge in [-0.05, 0) is 48.4 Å². The molecule has 1 heterocycles. The molecule has 3 rings (SSSR count). The van der Waals surface area contributed by atoms with Crippen LogP contribution in [0.4, 0.5) is 0 Å². The first-order valence-electron chi connectivity index (χ1n) is 7.73. The summed E-state index contributed by atoms with van der Waals surface area (Å²) in [5.41, 5.74) is 2.30. The maximum Gasteiger partial charge on any atom is 0.220 e. The van der Waals surface area contributed by atoms with Crippen molar-refractivity contribution in [3.63, 3.8) is 0 Å². The molecule has 1 aromatic carbocycles. The first-order valence-corrected chi connectivity index (χ1v) is 7.73. The van der Waals surface area contributed by atoms with E-state index in [9.17, 15) is 9.90 Å². The van der Waals surface area contributed by atoms with Gasteiger partial charge in [0, 0.05) is 30.6 Å². The number of carbonyl (C=O) groups excluding carboxylic acids is 1. The molecule has 2 aromatic rings. The maximum absolute atomic E-state index is 11.9. The van der Waals surface area contributed by atoms with Gasteiger partial charge in [0.2, 0.25) is 5.91 Å². The molecule has 4 nitrogen and oxygen atoms in total. The monoisotopic (exact) mass is 286 g/mol. The van der Waals surface area contributed by atoms with Crippen molar-refractivity contribution in [3.05, 3.63) is 36.0 Å². The molecule has 0 spiro atoms. The molecule has 1 aromatic heterocycles. The Morgan fingerprint density at radius 2 is 2.24 bits per heavy atom. The number of aliphatic hydroxyl groups is 1. The minimum Gasteiger partial charge on any atom is -0.393 e. The number of hydrogen-bond acceptors (Lipinski definition) is 2. The number of amides is 1.